The first kappa shape index (κ1) is 12.7. The number of Topliss-reactive ketones (excluding diaryl/α,β-unsaturated/α-hetero) is 1. The predicted octanol–water partition coefficient (Wildman–Crippen LogP) is 2.94. The van der Waals surface area contributed by atoms with E-state index in [2.05, 4.69) is 5.32 Å². The molecule has 18 heavy (non-hydrogen) atoms. The average Bonchev–Trinajstić information content (AvgIpc) is 2.36. The minimum absolute atomic E-state index is 0.108. The fraction of sp³-hybridized carbons (Fsp3) is 0.429. The largest absolute Gasteiger partial charge is 0.326 e. The summed E-state index contributed by atoms with van der Waals surface area (Å²) in [6, 6.07) is 2.83. The number of anilines is 1. The predicted molar refractivity (Wildman–Crippen MR) is 67.1 cm³/mol. The number of halogens is 1. The molecular formula is C14H16FNO2. The van der Waals surface area contributed by atoms with E-state index in [1.54, 1.807) is 13.0 Å². The lowest BCUT2D eigenvalue weighted by atomic mass is 9.93. The van der Waals surface area contributed by atoms with Crippen LogP contribution in [0.15, 0.2) is 12.1 Å². The summed E-state index contributed by atoms with van der Waals surface area (Å²) in [5, 5.41) is 2.62. The summed E-state index contributed by atoms with van der Waals surface area (Å²) >= 11 is 0. The Balaban J connectivity index is 2.39. The maximum atomic E-state index is 13.9. The van der Waals surface area contributed by atoms with Crippen LogP contribution in [0.4, 0.5) is 10.1 Å². The van der Waals surface area contributed by atoms with E-state index in [0.29, 0.717) is 24.9 Å². The molecule has 1 aliphatic rings. The van der Waals surface area contributed by atoms with Crippen molar-refractivity contribution in [1.82, 2.24) is 0 Å². The summed E-state index contributed by atoms with van der Waals surface area (Å²) in [4.78, 5) is 23.2. The van der Waals surface area contributed by atoms with Gasteiger partial charge in [0.15, 0.2) is 5.78 Å². The molecule has 1 aliphatic heterocycles. The summed E-state index contributed by atoms with van der Waals surface area (Å²) in [5.41, 5.74) is 1.46. The van der Waals surface area contributed by atoms with Crippen molar-refractivity contribution in [3.05, 3.63) is 29.1 Å². The van der Waals surface area contributed by atoms with E-state index in [0.717, 1.165) is 5.56 Å². The van der Waals surface area contributed by atoms with Crippen LogP contribution < -0.4 is 5.32 Å². The Morgan fingerprint density at radius 2 is 2.17 bits per heavy atom. The highest BCUT2D eigenvalue weighted by Gasteiger charge is 2.22. The molecule has 1 unspecified atom stereocenters. The standard InChI is InChI=1S/C14H16FNO2/c1-3-8(2)14(18)10-6-9-4-5-13(17)16-12(9)7-11(10)15/h6-8H,3-5H2,1-2H3,(H,16,17). The van der Waals surface area contributed by atoms with Gasteiger partial charge in [-0.1, -0.05) is 13.8 Å². The van der Waals surface area contributed by atoms with Gasteiger partial charge in [0.1, 0.15) is 5.82 Å². The van der Waals surface area contributed by atoms with Crippen molar-refractivity contribution in [2.45, 2.75) is 33.1 Å². The second-order valence-electron chi connectivity index (χ2n) is 4.71. The van der Waals surface area contributed by atoms with Crippen LogP contribution in [-0.2, 0) is 11.2 Å². The number of aryl methyl sites for hydroxylation is 1. The lowest BCUT2D eigenvalue weighted by Crippen LogP contribution is -2.21. The third kappa shape index (κ3) is 2.28. The van der Waals surface area contributed by atoms with Crippen molar-refractivity contribution >= 4 is 17.4 Å². The number of ketones is 1. The van der Waals surface area contributed by atoms with Gasteiger partial charge in [-0.25, -0.2) is 4.39 Å². The number of rotatable bonds is 3. The van der Waals surface area contributed by atoms with Gasteiger partial charge in [0, 0.05) is 18.0 Å². The number of benzene rings is 1. The molecule has 0 radical (unpaired) electrons. The summed E-state index contributed by atoms with van der Waals surface area (Å²) < 4.78 is 13.9. The summed E-state index contributed by atoms with van der Waals surface area (Å²) in [5.74, 6) is -1.02. The molecule has 4 heteroatoms. The van der Waals surface area contributed by atoms with Crippen molar-refractivity contribution in [3.8, 4) is 0 Å². The SMILES string of the molecule is CCC(C)C(=O)c1cc2c(cc1F)NC(=O)CC2. The van der Waals surface area contributed by atoms with E-state index >= 15 is 0 Å². The Morgan fingerprint density at radius 1 is 1.44 bits per heavy atom. The van der Waals surface area contributed by atoms with E-state index in [1.165, 1.54) is 6.07 Å². The number of nitrogens with one attached hydrogen (secondary N) is 1. The zero-order valence-corrected chi connectivity index (χ0v) is 10.5. The van der Waals surface area contributed by atoms with Crippen LogP contribution in [0.1, 0.15) is 42.6 Å². The van der Waals surface area contributed by atoms with Crippen LogP contribution in [0.25, 0.3) is 0 Å². The number of amides is 1. The number of carbonyl (C=O) groups excluding carboxylic acids is 2. The highest BCUT2D eigenvalue weighted by molar-refractivity contribution is 6.00. The van der Waals surface area contributed by atoms with E-state index < -0.39 is 5.82 Å². The van der Waals surface area contributed by atoms with Crippen LogP contribution in [0.3, 0.4) is 0 Å². The highest BCUT2D eigenvalue weighted by Crippen LogP contribution is 2.27. The van der Waals surface area contributed by atoms with Crippen molar-refractivity contribution in [1.29, 1.82) is 0 Å². The molecule has 0 saturated carbocycles. The second kappa shape index (κ2) is 4.88. The van der Waals surface area contributed by atoms with Gasteiger partial charge in [0.05, 0.1) is 5.56 Å². The van der Waals surface area contributed by atoms with Gasteiger partial charge in [0.25, 0.3) is 0 Å². The normalized spacial score (nSPS) is 15.8. The lowest BCUT2D eigenvalue weighted by molar-refractivity contribution is -0.116. The molecule has 1 aromatic carbocycles. The number of hydrogen-bond acceptors (Lipinski definition) is 2. The average molecular weight is 249 g/mol. The molecule has 1 aromatic rings. The van der Waals surface area contributed by atoms with Gasteiger partial charge < -0.3 is 5.32 Å². The van der Waals surface area contributed by atoms with Crippen LogP contribution in [-0.4, -0.2) is 11.7 Å². The van der Waals surface area contributed by atoms with Crippen LogP contribution in [0, 0.1) is 11.7 Å². The Labute approximate surface area is 105 Å². The molecule has 0 saturated heterocycles. The third-order valence-corrected chi connectivity index (χ3v) is 3.41. The maximum Gasteiger partial charge on any atom is 0.224 e. The van der Waals surface area contributed by atoms with E-state index in [4.69, 9.17) is 0 Å². The Kier molecular flexibility index (Phi) is 3.45. The molecule has 1 amide bonds. The smallest absolute Gasteiger partial charge is 0.224 e. The van der Waals surface area contributed by atoms with Gasteiger partial charge in [-0.2, -0.15) is 0 Å². The summed E-state index contributed by atoms with van der Waals surface area (Å²) in [7, 11) is 0. The minimum Gasteiger partial charge on any atom is -0.326 e. The third-order valence-electron chi connectivity index (χ3n) is 3.41. The van der Waals surface area contributed by atoms with Crippen LogP contribution in [0.5, 0.6) is 0 Å². The highest BCUT2D eigenvalue weighted by atomic mass is 19.1. The summed E-state index contributed by atoms with van der Waals surface area (Å²) in [6.07, 6.45) is 1.63. The first-order chi connectivity index (χ1) is 8.52. The van der Waals surface area contributed by atoms with Gasteiger partial charge in [-0.3, -0.25) is 9.59 Å². The molecule has 0 bridgehead atoms. The molecule has 0 aliphatic carbocycles. The monoisotopic (exact) mass is 249 g/mol. The molecule has 2 rings (SSSR count). The van der Waals surface area contributed by atoms with Gasteiger partial charge in [-0.15, -0.1) is 0 Å². The van der Waals surface area contributed by atoms with Gasteiger partial charge >= 0.3 is 0 Å². The molecule has 1 atom stereocenters. The molecule has 1 N–H and O–H groups in total. The molecule has 96 valence electrons. The Morgan fingerprint density at radius 3 is 2.83 bits per heavy atom. The molecule has 0 spiro atoms. The van der Waals surface area contributed by atoms with Crippen molar-refractivity contribution in [3.63, 3.8) is 0 Å². The quantitative estimate of drug-likeness (QED) is 0.837. The van der Waals surface area contributed by atoms with Gasteiger partial charge in [0.2, 0.25) is 5.91 Å². The van der Waals surface area contributed by atoms with Crippen molar-refractivity contribution in [2.24, 2.45) is 5.92 Å². The molecule has 1 heterocycles. The fourth-order valence-corrected chi connectivity index (χ4v) is 2.04. The maximum absolute atomic E-state index is 13.9. The molecular weight excluding hydrogens is 233 g/mol. The molecule has 3 nitrogen and oxygen atoms in total. The Bertz CT molecular complexity index is 511. The number of fused-ring (bicyclic) bond motifs is 1. The molecule has 0 fully saturated rings. The Hall–Kier alpha value is -1.71. The van der Waals surface area contributed by atoms with Crippen molar-refractivity contribution in [2.75, 3.05) is 5.32 Å². The second-order valence-corrected chi connectivity index (χ2v) is 4.71. The van der Waals surface area contributed by atoms with E-state index in [9.17, 15) is 14.0 Å². The van der Waals surface area contributed by atoms with Crippen LogP contribution >= 0.6 is 0 Å². The minimum atomic E-state index is -0.554. The van der Waals surface area contributed by atoms with Gasteiger partial charge in [-0.05, 0) is 30.5 Å². The van der Waals surface area contributed by atoms with Crippen LogP contribution in [0.2, 0.25) is 0 Å². The zero-order chi connectivity index (χ0) is 13.3. The number of hydrogen-bond donors (Lipinski definition) is 1. The van der Waals surface area contributed by atoms with E-state index in [1.807, 2.05) is 6.92 Å². The zero-order valence-electron chi connectivity index (χ0n) is 10.5. The fourth-order valence-electron chi connectivity index (χ4n) is 2.04. The van der Waals surface area contributed by atoms with E-state index in [-0.39, 0.29) is 23.2 Å². The summed E-state index contributed by atoms with van der Waals surface area (Å²) in [6.45, 7) is 3.70. The van der Waals surface area contributed by atoms with Crippen molar-refractivity contribution < 1.29 is 14.0 Å². The lowest BCUT2D eigenvalue weighted by Gasteiger charge is -2.18. The first-order valence-corrected chi connectivity index (χ1v) is 6.19. The molecule has 0 aromatic heterocycles. The number of carbonyl (C=O) groups is 2. The topological polar surface area (TPSA) is 46.2 Å². The first-order valence-electron chi connectivity index (χ1n) is 6.19.